The molecule has 3 N–H and O–H groups in total. The van der Waals surface area contributed by atoms with E-state index in [1.807, 2.05) is 20.8 Å². The number of benzene rings is 1. The number of phenols is 1. The molecule has 0 spiro atoms. The summed E-state index contributed by atoms with van der Waals surface area (Å²) in [4.78, 5) is 4.31. The van der Waals surface area contributed by atoms with Crippen LogP contribution in [0.1, 0.15) is 26.6 Å². The number of hydrogen-bond donors (Lipinski definition) is 2. The van der Waals surface area contributed by atoms with Crippen molar-refractivity contribution in [2.24, 2.45) is 0 Å². The van der Waals surface area contributed by atoms with Crippen LogP contribution in [0.4, 0.5) is 5.69 Å². The van der Waals surface area contributed by atoms with Crippen LogP contribution in [0.25, 0.3) is 11.5 Å². The first kappa shape index (κ1) is 11.4. The van der Waals surface area contributed by atoms with Crippen molar-refractivity contribution in [3.63, 3.8) is 0 Å². The van der Waals surface area contributed by atoms with E-state index in [0.29, 0.717) is 17.3 Å². The second-order valence-corrected chi connectivity index (χ2v) is 4.95. The molecule has 2 aromatic rings. The molecule has 1 aromatic heterocycles. The molecule has 5 nitrogen and oxygen atoms in total. The van der Waals surface area contributed by atoms with Gasteiger partial charge in [0.1, 0.15) is 5.75 Å². The molecular weight excluding hydrogens is 218 g/mol. The molecule has 90 valence electrons. The summed E-state index contributed by atoms with van der Waals surface area (Å²) in [5.41, 5.74) is 6.44. The predicted octanol–water partition coefficient (Wildman–Crippen LogP) is 2.32. The lowest BCUT2D eigenvalue weighted by molar-refractivity contribution is 0.402. The van der Waals surface area contributed by atoms with Crippen LogP contribution < -0.4 is 5.73 Å². The highest BCUT2D eigenvalue weighted by atomic mass is 16.5. The van der Waals surface area contributed by atoms with Crippen LogP contribution in [0.3, 0.4) is 0 Å². The molecule has 5 heteroatoms. The summed E-state index contributed by atoms with van der Waals surface area (Å²) in [6.07, 6.45) is 0. The monoisotopic (exact) mass is 233 g/mol. The minimum atomic E-state index is -0.162. The van der Waals surface area contributed by atoms with E-state index >= 15 is 0 Å². The Morgan fingerprint density at radius 1 is 1.29 bits per heavy atom. The minimum absolute atomic E-state index is 0.0457. The molecule has 0 aliphatic carbocycles. The molecule has 0 fully saturated rings. The molecule has 0 atom stereocenters. The van der Waals surface area contributed by atoms with Gasteiger partial charge in [-0.2, -0.15) is 4.98 Å². The first-order chi connectivity index (χ1) is 7.88. The van der Waals surface area contributed by atoms with Crippen LogP contribution in [0, 0.1) is 0 Å². The molecule has 1 heterocycles. The Balaban J connectivity index is 2.40. The van der Waals surface area contributed by atoms with Crippen LogP contribution in [-0.4, -0.2) is 15.2 Å². The number of aromatic nitrogens is 2. The van der Waals surface area contributed by atoms with Gasteiger partial charge >= 0.3 is 0 Å². The first-order valence-corrected chi connectivity index (χ1v) is 5.31. The maximum Gasteiger partial charge on any atom is 0.258 e. The van der Waals surface area contributed by atoms with Crippen molar-refractivity contribution in [2.45, 2.75) is 26.2 Å². The molecule has 0 saturated carbocycles. The fourth-order valence-electron chi connectivity index (χ4n) is 1.33. The summed E-state index contributed by atoms with van der Waals surface area (Å²) in [5, 5.41) is 13.3. The standard InChI is InChI=1S/C12H15N3O2/c1-12(2,3)11-14-10(17-15-11)7-4-5-9(16)8(13)6-7/h4-6,16H,13H2,1-3H3. The highest BCUT2D eigenvalue weighted by Gasteiger charge is 2.21. The van der Waals surface area contributed by atoms with Gasteiger partial charge in [0.25, 0.3) is 5.89 Å². The van der Waals surface area contributed by atoms with Crippen LogP contribution >= 0.6 is 0 Å². The zero-order valence-electron chi connectivity index (χ0n) is 10.1. The topological polar surface area (TPSA) is 85.2 Å². The predicted molar refractivity (Wildman–Crippen MR) is 64.5 cm³/mol. The van der Waals surface area contributed by atoms with Gasteiger partial charge in [0.05, 0.1) is 5.69 Å². The number of nitrogens with zero attached hydrogens (tertiary/aromatic N) is 2. The maximum atomic E-state index is 9.33. The zero-order chi connectivity index (χ0) is 12.6. The second-order valence-electron chi connectivity index (χ2n) is 4.95. The fourth-order valence-corrected chi connectivity index (χ4v) is 1.33. The Morgan fingerprint density at radius 2 is 2.00 bits per heavy atom. The molecular formula is C12H15N3O2. The van der Waals surface area contributed by atoms with Gasteiger partial charge in [0, 0.05) is 11.0 Å². The van der Waals surface area contributed by atoms with Crippen LogP contribution in [0.2, 0.25) is 0 Å². The third-order valence-electron chi connectivity index (χ3n) is 2.37. The summed E-state index contributed by atoms with van der Waals surface area (Å²) in [6.45, 7) is 6.02. The molecule has 0 bridgehead atoms. The lowest BCUT2D eigenvalue weighted by Gasteiger charge is -2.10. The Labute approximate surface area is 99.3 Å². The number of nitrogens with two attached hydrogens (primary N) is 1. The van der Waals surface area contributed by atoms with E-state index in [0.717, 1.165) is 0 Å². The number of rotatable bonds is 1. The molecule has 0 unspecified atom stereocenters. The van der Waals surface area contributed by atoms with E-state index in [2.05, 4.69) is 10.1 Å². The van der Waals surface area contributed by atoms with Gasteiger partial charge in [-0.05, 0) is 18.2 Å². The molecule has 2 rings (SSSR count). The zero-order valence-corrected chi connectivity index (χ0v) is 10.1. The molecule has 0 radical (unpaired) electrons. The van der Waals surface area contributed by atoms with Crippen molar-refractivity contribution in [3.8, 4) is 17.2 Å². The Kier molecular flexibility index (Phi) is 2.53. The van der Waals surface area contributed by atoms with Crippen molar-refractivity contribution in [3.05, 3.63) is 24.0 Å². The number of anilines is 1. The summed E-state index contributed by atoms with van der Waals surface area (Å²) in [6, 6.07) is 4.80. The summed E-state index contributed by atoms with van der Waals surface area (Å²) < 4.78 is 5.17. The van der Waals surface area contributed by atoms with E-state index in [1.165, 1.54) is 6.07 Å². The van der Waals surface area contributed by atoms with Gasteiger partial charge in [-0.25, -0.2) is 0 Å². The summed E-state index contributed by atoms with van der Waals surface area (Å²) in [5.74, 6) is 1.09. The van der Waals surface area contributed by atoms with Gasteiger partial charge in [-0.1, -0.05) is 25.9 Å². The highest BCUT2D eigenvalue weighted by Crippen LogP contribution is 2.28. The van der Waals surface area contributed by atoms with E-state index < -0.39 is 0 Å². The third-order valence-corrected chi connectivity index (χ3v) is 2.37. The molecule has 17 heavy (non-hydrogen) atoms. The van der Waals surface area contributed by atoms with Crippen LogP contribution in [0.15, 0.2) is 22.7 Å². The number of phenolic OH excluding ortho intramolecular Hbond substituents is 1. The number of hydrogen-bond acceptors (Lipinski definition) is 5. The summed E-state index contributed by atoms with van der Waals surface area (Å²) in [7, 11) is 0. The largest absolute Gasteiger partial charge is 0.506 e. The molecule has 0 aliphatic heterocycles. The lowest BCUT2D eigenvalue weighted by atomic mass is 9.96. The fraction of sp³-hybridized carbons (Fsp3) is 0.333. The minimum Gasteiger partial charge on any atom is -0.506 e. The number of aromatic hydroxyl groups is 1. The van der Waals surface area contributed by atoms with E-state index in [9.17, 15) is 5.11 Å². The van der Waals surface area contributed by atoms with Gasteiger partial charge in [0.15, 0.2) is 5.82 Å². The smallest absolute Gasteiger partial charge is 0.258 e. The molecule has 0 amide bonds. The number of nitrogen functional groups attached to an aromatic ring is 1. The van der Waals surface area contributed by atoms with Crippen molar-refractivity contribution in [2.75, 3.05) is 5.73 Å². The quantitative estimate of drug-likeness (QED) is 0.583. The van der Waals surface area contributed by atoms with Gasteiger partial charge in [-0.3, -0.25) is 0 Å². The molecule has 0 saturated heterocycles. The van der Waals surface area contributed by atoms with Crippen molar-refractivity contribution in [1.29, 1.82) is 0 Å². The average Bonchev–Trinajstić information content (AvgIpc) is 2.70. The normalized spacial score (nSPS) is 11.7. The van der Waals surface area contributed by atoms with Gasteiger partial charge in [0.2, 0.25) is 0 Å². The van der Waals surface area contributed by atoms with Crippen molar-refractivity contribution in [1.82, 2.24) is 10.1 Å². The van der Waals surface area contributed by atoms with Gasteiger partial charge < -0.3 is 15.4 Å². The Hall–Kier alpha value is -2.04. The first-order valence-electron chi connectivity index (χ1n) is 5.31. The Morgan fingerprint density at radius 3 is 2.53 bits per heavy atom. The van der Waals surface area contributed by atoms with E-state index in [1.54, 1.807) is 12.1 Å². The summed E-state index contributed by atoms with van der Waals surface area (Å²) >= 11 is 0. The van der Waals surface area contributed by atoms with Crippen LogP contribution in [-0.2, 0) is 5.41 Å². The van der Waals surface area contributed by atoms with Crippen molar-refractivity contribution < 1.29 is 9.63 Å². The highest BCUT2D eigenvalue weighted by molar-refractivity contribution is 5.64. The van der Waals surface area contributed by atoms with Gasteiger partial charge in [-0.15, -0.1) is 0 Å². The third kappa shape index (κ3) is 2.22. The molecule has 0 aliphatic rings. The lowest BCUT2D eigenvalue weighted by Crippen LogP contribution is -2.13. The second kappa shape index (κ2) is 3.76. The Bertz CT molecular complexity index is 541. The van der Waals surface area contributed by atoms with Crippen LogP contribution in [0.5, 0.6) is 5.75 Å². The molecule has 1 aromatic carbocycles. The van der Waals surface area contributed by atoms with E-state index in [4.69, 9.17) is 10.3 Å². The van der Waals surface area contributed by atoms with Crippen molar-refractivity contribution >= 4 is 5.69 Å². The average molecular weight is 233 g/mol. The van der Waals surface area contributed by atoms with E-state index in [-0.39, 0.29) is 16.9 Å². The SMILES string of the molecule is CC(C)(C)c1noc(-c2ccc(O)c(N)c2)n1. The maximum absolute atomic E-state index is 9.33.